The number of aromatic amines is 1. The van der Waals surface area contributed by atoms with E-state index in [1.165, 1.54) is 12.4 Å². The van der Waals surface area contributed by atoms with Crippen molar-refractivity contribution in [3.05, 3.63) is 36.2 Å². The van der Waals surface area contributed by atoms with Gasteiger partial charge in [0.2, 0.25) is 11.3 Å². The van der Waals surface area contributed by atoms with Crippen LogP contribution < -0.4 is 0 Å². The zero-order chi connectivity index (χ0) is 11.1. The first-order chi connectivity index (χ1) is 7.74. The van der Waals surface area contributed by atoms with Gasteiger partial charge in [0, 0.05) is 6.07 Å². The third-order valence-corrected chi connectivity index (χ3v) is 2.11. The molecule has 5 nitrogen and oxygen atoms in total. The molecule has 0 aliphatic heterocycles. The summed E-state index contributed by atoms with van der Waals surface area (Å²) in [6, 6.07) is 3.19. The lowest BCUT2D eigenvalue weighted by molar-refractivity contribution is 0.566. The zero-order valence-corrected chi connectivity index (χ0v) is 7.85. The van der Waals surface area contributed by atoms with Crippen LogP contribution in [-0.4, -0.2) is 25.0 Å². The van der Waals surface area contributed by atoms with Crippen molar-refractivity contribution in [3.63, 3.8) is 0 Å². The monoisotopic (exact) mass is 221 g/mol. The van der Waals surface area contributed by atoms with E-state index in [-0.39, 0.29) is 5.69 Å². The van der Waals surface area contributed by atoms with E-state index in [0.717, 1.165) is 16.9 Å². The molecule has 0 unspecified atom stereocenters. The third-order valence-electron chi connectivity index (χ3n) is 2.11. The number of H-pyrrole nitrogens is 1. The number of halogens is 2. The average Bonchev–Trinajstić information content (AvgIpc) is 2.76. The number of aromatic nitrogens is 5. The van der Waals surface area contributed by atoms with Crippen molar-refractivity contribution in [2.45, 2.75) is 0 Å². The molecule has 0 spiro atoms. The summed E-state index contributed by atoms with van der Waals surface area (Å²) in [6.07, 6.45) is 1.44. The molecule has 1 aromatic carbocycles. The predicted octanol–water partition coefficient (Wildman–Crippen LogP) is 1.42. The molecule has 0 bridgehead atoms. The summed E-state index contributed by atoms with van der Waals surface area (Å²) in [6.45, 7) is 0. The number of imidazole rings is 1. The Kier molecular flexibility index (Phi) is 1.73. The van der Waals surface area contributed by atoms with Gasteiger partial charge < -0.3 is 4.98 Å². The normalized spacial score (nSPS) is 11.1. The van der Waals surface area contributed by atoms with Crippen LogP contribution in [0.3, 0.4) is 0 Å². The Balaban J connectivity index is 2.19. The number of nitrogens with one attached hydrogen (secondary N) is 1. The van der Waals surface area contributed by atoms with Gasteiger partial charge in [-0.2, -0.15) is 0 Å². The quantitative estimate of drug-likeness (QED) is 0.676. The van der Waals surface area contributed by atoms with Crippen molar-refractivity contribution >= 4 is 11.3 Å². The van der Waals surface area contributed by atoms with E-state index >= 15 is 0 Å². The highest BCUT2D eigenvalue weighted by atomic mass is 19.1. The van der Waals surface area contributed by atoms with Gasteiger partial charge in [-0.3, -0.25) is 0 Å². The highest BCUT2D eigenvalue weighted by molar-refractivity contribution is 5.63. The first-order valence-electron chi connectivity index (χ1n) is 4.46. The van der Waals surface area contributed by atoms with Crippen LogP contribution in [0.15, 0.2) is 24.5 Å². The van der Waals surface area contributed by atoms with Crippen molar-refractivity contribution in [1.29, 1.82) is 0 Å². The molecule has 7 heteroatoms. The van der Waals surface area contributed by atoms with Gasteiger partial charge in [0.05, 0.1) is 6.33 Å². The van der Waals surface area contributed by atoms with Crippen LogP contribution in [-0.2, 0) is 0 Å². The standard InChI is InChI=1S/C9H5F2N5/c10-5-1-2-7(6(11)3-5)16-14-8-9(15-16)13-4-12-8/h1-4H,(H,12,13,14,15). The number of nitrogens with zero attached hydrogens (tertiary/aromatic N) is 4. The Morgan fingerprint density at radius 2 is 2.06 bits per heavy atom. The Bertz CT molecular complexity index is 628. The number of fused-ring (bicyclic) bond motifs is 1. The Hall–Kier alpha value is -2.31. The summed E-state index contributed by atoms with van der Waals surface area (Å²) in [5.74, 6) is -1.37. The van der Waals surface area contributed by atoms with E-state index in [2.05, 4.69) is 20.2 Å². The second kappa shape index (κ2) is 3.09. The SMILES string of the molecule is Fc1ccc(-n2nc3nc[nH]c3n2)c(F)c1. The molecule has 0 aliphatic carbocycles. The molecule has 80 valence electrons. The molecule has 0 aliphatic rings. The van der Waals surface area contributed by atoms with Crippen molar-refractivity contribution in [2.75, 3.05) is 0 Å². The van der Waals surface area contributed by atoms with Crippen LogP contribution in [0.1, 0.15) is 0 Å². The van der Waals surface area contributed by atoms with Crippen molar-refractivity contribution in [1.82, 2.24) is 25.0 Å². The van der Waals surface area contributed by atoms with E-state index < -0.39 is 11.6 Å². The summed E-state index contributed by atoms with van der Waals surface area (Å²) in [7, 11) is 0. The molecule has 3 aromatic rings. The molecule has 0 saturated heterocycles. The van der Waals surface area contributed by atoms with Crippen molar-refractivity contribution < 1.29 is 8.78 Å². The third kappa shape index (κ3) is 1.25. The molecule has 0 saturated carbocycles. The minimum atomic E-state index is -0.724. The topological polar surface area (TPSA) is 59.4 Å². The maximum atomic E-state index is 13.4. The maximum Gasteiger partial charge on any atom is 0.220 e. The van der Waals surface area contributed by atoms with E-state index in [9.17, 15) is 8.78 Å². The average molecular weight is 221 g/mol. The van der Waals surface area contributed by atoms with Gasteiger partial charge in [0.1, 0.15) is 11.5 Å². The van der Waals surface area contributed by atoms with Gasteiger partial charge in [0.15, 0.2) is 5.82 Å². The minimum Gasteiger partial charge on any atom is -0.326 e. The lowest BCUT2D eigenvalue weighted by atomic mass is 10.3. The summed E-state index contributed by atoms with van der Waals surface area (Å²) < 4.78 is 26.1. The van der Waals surface area contributed by atoms with Gasteiger partial charge in [-0.1, -0.05) is 0 Å². The number of rotatable bonds is 1. The molecule has 3 rings (SSSR count). The van der Waals surface area contributed by atoms with Crippen molar-refractivity contribution in [3.8, 4) is 5.69 Å². The number of hydrogen-bond acceptors (Lipinski definition) is 3. The highest BCUT2D eigenvalue weighted by Crippen LogP contribution is 2.14. The molecule has 1 N–H and O–H groups in total. The molecule has 2 aromatic heterocycles. The summed E-state index contributed by atoms with van der Waals surface area (Å²) in [4.78, 5) is 7.68. The minimum absolute atomic E-state index is 0.0767. The van der Waals surface area contributed by atoms with Crippen LogP contribution in [0, 0.1) is 11.6 Å². The summed E-state index contributed by atoms with van der Waals surface area (Å²) >= 11 is 0. The van der Waals surface area contributed by atoms with Gasteiger partial charge in [-0.15, -0.1) is 15.0 Å². The molecule has 0 fully saturated rings. The van der Waals surface area contributed by atoms with Gasteiger partial charge in [-0.25, -0.2) is 13.8 Å². The van der Waals surface area contributed by atoms with Gasteiger partial charge in [0.25, 0.3) is 0 Å². The smallest absolute Gasteiger partial charge is 0.220 e. The maximum absolute atomic E-state index is 13.4. The van der Waals surface area contributed by atoms with Crippen LogP contribution in [0.4, 0.5) is 8.78 Å². The summed E-state index contributed by atoms with van der Waals surface area (Å²) in [5, 5.41) is 7.89. The van der Waals surface area contributed by atoms with E-state index in [0.29, 0.717) is 11.3 Å². The first kappa shape index (κ1) is 8.96. The molecule has 0 atom stereocenters. The fourth-order valence-electron chi connectivity index (χ4n) is 1.39. The molecule has 0 amide bonds. The fraction of sp³-hybridized carbons (Fsp3) is 0. The lowest BCUT2D eigenvalue weighted by Crippen LogP contribution is -2.02. The molecule has 2 heterocycles. The number of benzene rings is 1. The number of hydrogen-bond donors (Lipinski definition) is 1. The molecule has 0 radical (unpaired) electrons. The van der Waals surface area contributed by atoms with E-state index in [1.807, 2.05) is 0 Å². The van der Waals surface area contributed by atoms with Crippen LogP contribution in [0.5, 0.6) is 0 Å². The Labute approximate surface area is 87.7 Å². The predicted molar refractivity (Wildman–Crippen MR) is 50.9 cm³/mol. The molecular weight excluding hydrogens is 216 g/mol. The first-order valence-corrected chi connectivity index (χ1v) is 4.46. The molecule has 16 heavy (non-hydrogen) atoms. The van der Waals surface area contributed by atoms with Crippen molar-refractivity contribution in [2.24, 2.45) is 0 Å². The second-order valence-electron chi connectivity index (χ2n) is 3.16. The van der Waals surface area contributed by atoms with Gasteiger partial charge >= 0.3 is 0 Å². The van der Waals surface area contributed by atoms with Crippen LogP contribution >= 0.6 is 0 Å². The lowest BCUT2D eigenvalue weighted by Gasteiger charge is -2.00. The van der Waals surface area contributed by atoms with Crippen LogP contribution in [0.25, 0.3) is 17.0 Å². The second-order valence-corrected chi connectivity index (χ2v) is 3.16. The Morgan fingerprint density at radius 3 is 2.81 bits per heavy atom. The molecular formula is C9H5F2N5. The Morgan fingerprint density at radius 1 is 1.19 bits per heavy atom. The van der Waals surface area contributed by atoms with E-state index in [1.54, 1.807) is 0 Å². The fourth-order valence-corrected chi connectivity index (χ4v) is 1.39. The van der Waals surface area contributed by atoms with E-state index in [4.69, 9.17) is 0 Å². The summed E-state index contributed by atoms with van der Waals surface area (Å²) in [5.41, 5.74) is 0.903. The van der Waals surface area contributed by atoms with Crippen LogP contribution in [0.2, 0.25) is 0 Å². The highest BCUT2D eigenvalue weighted by Gasteiger charge is 2.10. The largest absolute Gasteiger partial charge is 0.326 e. The zero-order valence-electron chi connectivity index (χ0n) is 7.85. The van der Waals surface area contributed by atoms with Gasteiger partial charge in [-0.05, 0) is 12.1 Å².